The second-order valence-electron chi connectivity index (χ2n) is 7.29. The summed E-state index contributed by atoms with van der Waals surface area (Å²) in [6.45, 7) is 2.63. The Morgan fingerprint density at radius 1 is 1.15 bits per heavy atom. The minimum absolute atomic E-state index is 0.120. The maximum Gasteiger partial charge on any atom is 0.243 e. The highest BCUT2D eigenvalue weighted by atomic mass is 32.2. The van der Waals surface area contributed by atoms with Crippen molar-refractivity contribution in [1.29, 1.82) is 0 Å². The van der Waals surface area contributed by atoms with Gasteiger partial charge in [0.2, 0.25) is 15.9 Å². The summed E-state index contributed by atoms with van der Waals surface area (Å²) >= 11 is 0. The molecule has 146 valence electrons. The number of hydrogen-bond acceptors (Lipinski definition) is 4. The van der Waals surface area contributed by atoms with E-state index < -0.39 is 10.0 Å². The maximum absolute atomic E-state index is 12.7. The number of carbonyl (C=O) groups is 1. The summed E-state index contributed by atoms with van der Waals surface area (Å²) in [5.41, 5.74) is 3.65. The molecule has 0 bridgehead atoms. The molecular formula is C20H27N3O3S. The number of benzene rings is 1. The number of aryl methyl sites for hydroxylation is 1. The fraction of sp³-hybridized carbons (Fsp3) is 0.500. The average Bonchev–Trinajstić information content (AvgIpc) is 2.69. The van der Waals surface area contributed by atoms with Gasteiger partial charge in [-0.2, -0.15) is 9.41 Å². The summed E-state index contributed by atoms with van der Waals surface area (Å²) in [5.74, 6) is 0.0691. The fourth-order valence-electron chi connectivity index (χ4n) is 3.47. The first-order valence-corrected chi connectivity index (χ1v) is 11.0. The third kappa shape index (κ3) is 5.05. The molecule has 3 rings (SSSR count). The monoisotopic (exact) mass is 389 g/mol. The van der Waals surface area contributed by atoms with Crippen LogP contribution in [0.15, 0.2) is 46.4 Å². The number of piperidine rings is 1. The number of hydrogen-bond donors (Lipinski definition) is 1. The predicted octanol–water partition coefficient (Wildman–Crippen LogP) is 2.85. The Morgan fingerprint density at radius 2 is 1.85 bits per heavy atom. The molecule has 1 aliphatic carbocycles. The van der Waals surface area contributed by atoms with E-state index >= 15 is 0 Å². The number of amides is 1. The zero-order valence-electron chi connectivity index (χ0n) is 15.7. The lowest BCUT2D eigenvalue weighted by molar-refractivity contribution is -0.126. The first kappa shape index (κ1) is 19.8. The van der Waals surface area contributed by atoms with Crippen molar-refractivity contribution in [2.24, 2.45) is 16.9 Å². The Labute approximate surface area is 161 Å². The summed E-state index contributed by atoms with van der Waals surface area (Å²) in [4.78, 5) is 12.6. The van der Waals surface area contributed by atoms with Gasteiger partial charge >= 0.3 is 0 Å². The highest BCUT2D eigenvalue weighted by Gasteiger charge is 2.32. The number of nitrogens with zero attached hydrogens (tertiary/aromatic N) is 2. The van der Waals surface area contributed by atoms with Gasteiger partial charge in [-0.05, 0) is 57.1 Å². The van der Waals surface area contributed by atoms with Crippen LogP contribution in [0.1, 0.15) is 37.7 Å². The number of rotatable bonds is 5. The molecule has 1 unspecified atom stereocenters. The SMILES string of the molecule is Cc1ccc(S(=O)(=O)N2CCC(C(=O)N/N=C/C3CC=CCC3)CC2)cc1. The van der Waals surface area contributed by atoms with Crippen LogP contribution in [0.5, 0.6) is 0 Å². The fourth-order valence-corrected chi connectivity index (χ4v) is 4.94. The molecule has 7 heteroatoms. The molecule has 1 aromatic carbocycles. The Hall–Kier alpha value is -1.99. The third-order valence-corrected chi connectivity index (χ3v) is 7.17. The summed E-state index contributed by atoms with van der Waals surface area (Å²) in [6, 6.07) is 6.87. The summed E-state index contributed by atoms with van der Waals surface area (Å²) in [7, 11) is -3.49. The standard InChI is InChI=1S/C20H27N3O3S/c1-16-7-9-19(10-8-16)27(25,26)23-13-11-18(12-14-23)20(24)22-21-15-17-5-3-2-4-6-17/h2-3,7-10,15,17-18H,4-6,11-14H2,1H3,(H,22,24)/b21-15+. The van der Waals surface area contributed by atoms with Crippen molar-refractivity contribution >= 4 is 22.1 Å². The lowest BCUT2D eigenvalue weighted by atomic mass is 9.96. The van der Waals surface area contributed by atoms with Crippen molar-refractivity contribution in [1.82, 2.24) is 9.73 Å². The van der Waals surface area contributed by atoms with E-state index in [9.17, 15) is 13.2 Å². The summed E-state index contributed by atoms with van der Waals surface area (Å²) < 4.78 is 26.9. The van der Waals surface area contributed by atoms with Crippen LogP contribution in [0.2, 0.25) is 0 Å². The van der Waals surface area contributed by atoms with Gasteiger partial charge in [-0.1, -0.05) is 29.8 Å². The van der Waals surface area contributed by atoms with Gasteiger partial charge in [-0.25, -0.2) is 13.8 Å². The van der Waals surface area contributed by atoms with E-state index in [-0.39, 0.29) is 11.8 Å². The number of nitrogens with one attached hydrogen (secondary N) is 1. The molecule has 0 spiro atoms. The molecule has 2 aliphatic rings. The molecule has 0 aromatic heterocycles. The van der Waals surface area contributed by atoms with Crippen LogP contribution in [0.3, 0.4) is 0 Å². The van der Waals surface area contributed by atoms with E-state index in [2.05, 4.69) is 22.7 Å². The first-order valence-electron chi connectivity index (χ1n) is 9.51. The molecule has 1 heterocycles. The smallest absolute Gasteiger partial charge is 0.243 e. The Balaban J connectivity index is 1.50. The first-order chi connectivity index (χ1) is 13.0. The molecule has 1 N–H and O–H groups in total. The Kier molecular flexibility index (Phi) is 6.44. The van der Waals surface area contributed by atoms with Gasteiger partial charge in [0.05, 0.1) is 4.90 Å². The van der Waals surface area contributed by atoms with Crippen LogP contribution in [-0.2, 0) is 14.8 Å². The molecular weight excluding hydrogens is 362 g/mol. The molecule has 27 heavy (non-hydrogen) atoms. The van der Waals surface area contributed by atoms with Crippen molar-refractivity contribution in [2.75, 3.05) is 13.1 Å². The van der Waals surface area contributed by atoms with Crippen LogP contribution in [0.4, 0.5) is 0 Å². The van der Waals surface area contributed by atoms with Gasteiger partial charge in [0.25, 0.3) is 0 Å². The quantitative estimate of drug-likeness (QED) is 0.478. The molecule has 1 saturated heterocycles. The highest BCUT2D eigenvalue weighted by Crippen LogP contribution is 2.24. The highest BCUT2D eigenvalue weighted by molar-refractivity contribution is 7.89. The number of sulfonamides is 1. The largest absolute Gasteiger partial charge is 0.273 e. The number of allylic oxidation sites excluding steroid dienone is 2. The second-order valence-corrected chi connectivity index (χ2v) is 9.23. The van der Waals surface area contributed by atoms with E-state index in [1.54, 1.807) is 24.3 Å². The van der Waals surface area contributed by atoms with Crippen LogP contribution >= 0.6 is 0 Å². The number of hydrazone groups is 1. The van der Waals surface area contributed by atoms with Gasteiger partial charge in [0.1, 0.15) is 0 Å². The molecule has 0 saturated carbocycles. The molecule has 6 nitrogen and oxygen atoms in total. The van der Waals surface area contributed by atoms with Gasteiger partial charge in [0.15, 0.2) is 0 Å². The summed E-state index contributed by atoms with van der Waals surface area (Å²) in [6.07, 6.45) is 10.2. The minimum Gasteiger partial charge on any atom is -0.273 e. The zero-order valence-corrected chi connectivity index (χ0v) is 16.5. The normalized spacial score (nSPS) is 22.2. The van der Waals surface area contributed by atoms with Crippen molar-refractivity contribution in [3.8, 4) is 0 Å². The third-order valence-electron chi connectivity index (χ3n) is 5.25. The molecule has 1 fully saturated rings. The predicted molar refractivity (Wildman–Crippen MR) is 106 cm³/mol. The van der Waals surface area contributed by atoms with E-state index in [1.807, 2.05) is 13.1 Å². The topological polar surface area (TPSA) is 78.8 Å². The number of carbonyl (C=O) groups excluding carboxylic acids is 1. The van der Waals surface area contributed by atoms with Crippen LogP contribution in [0, 0.1) is 18.8 Å². The van der Waals surface area contributed by atoms with Crippen molar-refractivity contribution in [3.63, 3.8) is 0 Å². The van der Waals surface area contributed by atoms with E-state index in [1.165, 1.54) is 4.31 Å². The zero-order chi connectivity index (χ0) is 19.3. The van der Waals surface area contributed by atoms with Crippen LogP contribution in [-0.4, -0.2) is 37.9 Å². The van der Waals surface area contributed by atoms with Crippen molar-refractivity contribution < 1.29 is 13.2 Å². The molecule has 1 amide bonds. The van der Waals surface area contributed by atoms with E-state index in [0.717, 1.165) is 24.8 Å². The second kappa shape index (κ2) is 8.80. The Morgan fingerprint density at radius 3 is 2.48 bits per heavy atom. The molecule has 1 aliphatic heterocycles. The summed E-state index contributed by atoms with van der Waals surface area (Å²) in [5, 5.41) is 4.10. The lowest BCUT2D eigenvalue weighted by Gasteiger charge is -2.30. The van der Waals surface area contributed by atoms with Crippen molar-refractivity contribution in [2.45, 2.75) is 43.9 Å². The molecule has 1 atom stereocenters. The minimum atomic E-state index is -3.49. The van der Waals surface area contributed by atoms with Gasteiger partial charge in [-0.15, -0.1) is 0 Å². The maximum atomic E-state index is 12.7. The van der Waals surface area contributed by atoms with Gasteiger partial charge in [-0.3, -0.25) is 4.79 Å². The average molecular weight is 390 g/mol. The molecule has 0 radical (unpaired) electrons. The molecule has 1 aromatic rings. The van der Waals surface area contributed by atoms with Crippen LogP contribution < -0.4 is 5.43 Å². The van der Waals surface area contributed by atoms with E-state index in [0.29, 0.717) is 36.7 Å². The Bertz CT molecular complexity index is 807. The van der Waals surface area contributed by atoms with E-state index in [4.69, 9.17) is 0 Å². The van der Waals surface area contributed by atoms with Crippen LogP contribution in [0.25, 0.3) is 0 Å². The lowest BCUT2D eigenvalue weighted by Crippen LogP contribution is -2.42. The van der Waals surface area contributed by atoms with Gasteiger partial charge < -0.3 is 0 Å². The van der Waals surface area contributed by atoms with Crippen molar-refractivity contribution in [3.05, 3.63) is 42.0 Å². The van der Waals surface area contributed by atoms with Gasteiger partial charge in [0, 0.05) is 25.2 Å².